The number of fused-ring (bicyclic) bond motifs is 1. The van der Waals surface area contributed by atoms with Crippen LogP contribution < -0.4 is 10.2 Å². The standard InChI is InChI=1S/C17H24N4O3S/c22-17(18-14-6-9-25(23,24)11-14)12-4-7-21(8-5-12)16-10-13-2-1-3-15(13)19-20-16/h10,12,14H,1-9,11H2,(H,18,22). The smallest absolute Gasteiger partial charge is 0.223 e. The molecule has 8 heteroatoms. The predicted molar refractivity (Wildman–Crippen MR) is 94.2 cm³/mol. The van der Waals surface area contributed by atoms with E-state index in [0.29, 0.717) is 6.42 Å². The summed E-state index contributed by atoms with van der Waals surface area (Å²) in [6, 6.07) is 1.94. The Morgan fingerprint density at radius 1 is 1.16 bits per heavy atom. The number of hydrogen-bond donors (Lipinski definition) is 1. The predicted octanol–water partition coefficient (Wildman–Crippen LogP) is 0.485. The molecule has 1 aliphatic carbocycles. The second-order valence-corrected chi connectivity index (χ2v) is 9.63. The highest BCUT2D eigenvalue weighted by molar-refractivity contribution is 7.91. The number of aromatic nitrogens is 2. The largest absolute Gasteiger partial charge is 0.355 e. The van der Waals surface area contributed by atoms with Crippen LogP contribution in [-0.4, -0.2) is 55.2 Å². The molecule has 3 heterocycles. The highest BCUT2D eigenvalue weighted by Gasteiger charge is 2.32. The van der Waals surface area contributed by atoms with Crippen molar-refractivity contribution in [1.29, 1.82) is 0 Å². The molecule has 4 rings (SSSR count). The number of nitrogens with one attached hydrogen (secondary N) is 1. The number of carbonyl (C=O) groups excluding carboxylic acids is 1. The summed E-state index contributed by atoms with van der Waals surface area (Å²) in [7, 11) is -2.96. The lowest BCUT2D eigenvalue weighted by atomic mass is 9.95. The highest BCUT2D eigenvalue weighted by atomic mass is 32.2. The molecule has 0 radical (unpaired) electrons. The normalized spacial score (nSPS) is 25.8. The van der Waals surface area contributed by atoms with E-state index in [1.807, 2.05) is 0 Å². The molecule has 3 aliphatic rings. The zero-order valence-corrected chi connectivity index (χ0v) is 15.1. The summed E-state index contributed by atoms with van der Waals surface area (Å²) in [6.45, 7) is 1.57. The number of sulfone groups is 1. The lowest BCUT2D eigenvalue weighted by Gasteiger charge is -2.32. The number of hydrogen-bond acceptors (Lipinski definition) is 6. The number of aryl methyl sites for hydroxylation is 2. The molecule has 0 aromatic carbocycles. The van der Waals surface area contributed by atoms with Gasteiger partial charge in [0.1, 0.15) is 0 Å². The maximum Gasteiger partial charge on any atom is 0.223 e. The summed E-state index contributed by atoms with van der Waals surface area (Å²) >= 11 is 0. The molecule has 2 aliphatic heterocycles. The minimum atomic E-state index is -2.96. The second kappa shape index (κ2) is 6.55. The van der Waals surface area contributed by atoms with Gasteiger partial charge in [-0.2, -0.15) is 5.10 Å². The van der Waals surface area contributed by atoms with Crippen molar-refractivity contribution in [3.05, 3.63) is 17.3 Å². The second-order valence-electron chi connectivity index (χ2n) is 7.40. The monoisotopic (exact) mass is 364 g/mol. The first-order valence-electron chi connectivity index (χ1n) is 9.11. The van der Waals surface area contributed by atoms with Crippen LogP contribution in [0.15, 0.2) is 6.07 Å². The van der Waals surface area contributed by atoms with Gasteiger partial charge in [-0.3, -0.25) is 4.79 Å². The zero-order chi connectivity index (χ0) is 17.4. The molecule has 0 saturated carbocycles. The van der Waals surface area contributed by atoms with E-state index >= 15 is 0 Å². The molecule has 1 aromatic rings. The molecule has 25 heavy (non-hydrogen) atoms. The molecule has 1 atom stereocenters. The van der Waals surface area contributed by atoms with Crippen LogP contribution in [0.5, 0.6) is 0 Å². The quantitative estimate of drug-likeness (QED) is 0.839. The van der Waals surface area contributed by atoms with Crippen molar-refractivity contribution in [2.24, 2.45) is 5.92 Å². The fourth-order valence-corrected chi connectivity index (χ4v) is 5.74. The Labute approximate surface area is 148 Å². The Kier molecular flexibility index (Phi) is 4.39. The van der Waals surface area contributed by atoms with Crippen molar-refractivity contribution in [2.75, 3.05) is 29.5 Å². The molecule has 2 fully saturated rings. The Bertz CT molecular complexity index is 772. The first-order chi connectivity index (χ1) is 12.0. The minimum Gasteiger partial charge on any atom is -0.355 e. The molecule has 0 bridgehead atoms. The highest BCUT2D eigenvalue weighted by Crippen LogP contribution is 2.26. The number of rotatable bonds is 3. The van der Waals surface area contributed by atoms with Gasteiger partial charge in [-0.15, -0.1) is 5.10 Å². The van der Waals surface area contributed by atoms with E-state index in [0.717, 1.165) is 56.7 Å². The third-order valence-electron chi connectivity index (χ3n) is 5.58. The molecular weight excluding hydrogens is 340 g/mol. The van der Waals surface area contributed by atoms with Crippen LogP contribution in [0.1, 0.15) is 36.9 Å². The van der Waals surface area contributed by atoms with E-state index in [1.165, 1.54) is 5.56 Å². The van der Waals surface area contributed by atoms with Crippen molar-refractivity contribution in [2.45, 2.75) is 44.6 Å². The van der Waals surface area contributed by atoms with Crippen LogP contribution in [0, 0.1) is 5.92 Å². The number of piperidine rings is 1. The first-order valence-corrected chi connectivity index (χ1v) is 10.9. The van der Waals surface area contributed by atoms with Crippen molar-refractivity contribution in [3.63, 3.8) is 0 Å². The molecule has 0 spiro atoms. The molecule has 1 aromatic heterocycles. The van der Waals surface area contributed by atoms with Gasteiger partial charge in [0.05, 0.1) is 17.2 Å². The van der Waals surface area contributed by atoms with Crippen molar-refractivity contribution in [1.82, 2.24) is 15.5 Å². The molecule has 2 saturated heterocycles. The van der Waals surface area contributed by atoms with E-state index in [9.17, 15) is 13.2 Å². The topological polar surface area (TPSA) is 92.3 Å². The molecule has 1 unspecified atom stereocenters. The number of carbonyl (C=O) groups is 1. The Morgan fingerprint density at radius 2 is 1.96 bits per heavy atom. The van der Waals surface area contributed by atoms with E-state index in [-0.39, 0.29) is 29.4 Å². The average Bonchev–Trinajstić information content (AvgIpc) is 3.20. The summed E-state index contributed by atoms with van der Waals surface area (Å²) in [4.78, 5) is 14.6. The van der Waals surface area contributed by atoms with E-state index in [4.69, 9.17) is 0 Å². The summed E-state index contributed by atoms with van der Waals surface area (Å²) in [5.74, 6) is 1.15. The van der Waals surface area contributed by atoms with Gasteiger partial charge in [-0.05, 0) is 50.2 Å². The van der Waals surface area contributed by atoms with Crippen LogP contribution in [0.3, 0.4) is 0 Å². The van der Waals surface area contributed by atoms with Gasteiger partial charge in [-0.1, -0.05) is 0 Å². The lowest BCUT2D eigenvalue weighted by Crippen LogP contribution is -2.44. The number of amides is 1. The average molecular weight is 364 g/mol. The zero-order valence-electron chi connectivity index (χ0n) is 14.3. The summed E-state index contributed by atoms with van der Waals surface area (Å²) in [5, 5.41) is 11.6. The number of anilines is 1. The van der Waals surface area contributed by atoms with Crippen LogP contribution in [0.25, 0.3) is 0 Å². The fraction of sp³-hybridized carbons (Fsp3) is 0.706. The van der Waals surface area contributed by atoms with Gasteiger partial charge < -0.3 is 10.2 Å². The molecule has 136 valence electrons. The van der Waals surface area contributed by atoms with Crippen molar-refractivity contribution < 1.29 is 13.2 Å². The Balaban J connectivity index is 1.31. The third-order valence-corrected chi connectivity index (χ3v) is 7.34. The first kappa shape index (κ1) is 16.8. The van der Waals surface area contributed by atoms with E-state index in [2.05, 4.69) is 26.5 Å². The molecule has 7 nitrogen and oxygen atoms in total. The van der Waals surface area contributed by atoms with Crippen LogP contribution in [0.2, 0.25) is 0 Å². The van der Waals surface area contributed by atoms with Gasteiger partial charge in [0, 0.05) is 25.0 Å². The maximum absolute atomic E-state index is 12.4. The van der Waals surface area contributed by atoms with Crippen LogP contribution >= 0.6 is 0 Å². The Morgan fingerprint density at radius 3 is 2.68 bits per heavy atom. The van der Waals surface area contributed by atoms with Crippen LogP contribution in [-0.2, 0) is 27.5 Å². The summed E-state index contributed by atoms with van der Waals surface area (Å²) in [5.41, 5.74) is 2.44. The summed E-state index contributed by atoms with van der Waals surface area (Å²) in [6.07, 6.45) is 5.35. The van der Waals surface area contributed by atoms with Gasteiger partial charge in [0.15, 0.2) is 15.7 Å². The van der Waals surface area contributed by atoms with Gasteiger partial charge >= 0.3 is 0 Å². The molecule has 1 N–H and O–H groups in total. The molecule has 1 amide bonds. The van der Waals surface area contributed by atoms with Gasteiger partial charge in [-0.25, -0.2) is 8.42 Å². The Hall–Kier alpha value is -1.70. The van der Waals surface area contributed by atoms with Crippen LogP contribution in [0.4, 0.5) is 5.82 Å². The van der Waals surface area contributed by atoms with E-state index < -0.39 is 9.84 Å². The third kappa shape index (κ3) is 3.63. The van der Waals surface area contributed by atoms with Crippen molar-refractivity contribution in [3.8, 4) is 0 Å². The fourth-order valence-electron chi connectivity index (χ4n) is 4.07. The SMILES string of the molecule is O=C(NC1CCS(=O)(=O)C1)C1CCN(c2cc3c(nn2)CCC3)CC1. The van der Waals surface area contributed by atoms with Crippen molar-refractivity contribution >= 4 is 21.6 Å². The number of nitrogens with zero attached hydrogens (tertiary/aromatic N) is 3. The summed E-state index contributed by atoms with van der Waals surface area (Å²) < 4.78 is 23.0. The van der Waals surface area contributed by atoms with Gasteiger partial charge in [0.2, 0.25) is 5.91 Å². The minimum absolute atomic E-state index is 0.00166. The maximum atomic E-state index is 12.4. The van der Waals surface area contributed by atoms with Gasteiger partial charge in [0.25, 0.3) is 0 Å². The molecular formula is C17H24N4O3S. The van der Waals surface area contributed by atoms with E-state index in [1.54, 1.807) is 0 Å². The lowest BCUT2D eigenvalue weighted by molar-refractivity contribution is -0.126.